The largest absolute Gasteiger partial charge is 0.395 e. The second-order valence-corrected chi connectivity index (χ2v) is 4.77. The fourth-order valence-corrected chi connectivity index (χ4v) is 2.28. The maximum absolute atomic E-state index is 11.9. The van der Waals surface area contributed by atoms with E-state index in [2.05, 4.69) is 11.8 Å². The van der Waals surface area contributed by atoms with E-state index in [0.717, 1.165) is 15.3 Å². The molecular weight excluding hydrogens is 234 g/mol. The molecule has 0 atom stereocenters. The number of carbonyl (C=O) groups is 1. The monoisotopic (exact) mass is 251 g/mol. The molecule has 0 radical (unpaired) electrons. The van der Waals surface area contributed by atoms with Crippen LogP contribution in [0.5, 0.6) is 0 Å². The molecular formula is C13H17NO2S. The number of aryl methyl sites for hydroxylation is 1. The molecule has 1 N–H and O–H groups in total. The molecule has 1 rings (SSSR count). The Balaban J connectivity index is 2.89. The number of amides is 1. The van der Waals surface area contributed by atoms with Gasteiger partial charge in [0.1, 0.15) is 0 Å². The molecule has 4 heteroatoms. The predicted octanol–water partition coefficient (Wildman–Crippen LogP) is 1.88. The van der Waals surface area contributed by atoms with Crippen LogP contribution in [-0.4, -0.2) is 36.1 Å². The van der Waals surface area contributed by atoms with Gasteiger partial charge in [-0.05, 0) is 25.5 Å². The van der Waals surface area contributed by atoms with Crippen LogP contribution in [0.15, 0.2) is 6.07 Å². The molecule has 0 bridgehead atoms. The molecule has 1 heterocycles. The molecule has 0 aromatic carbocycles. The zero-order valence-electron chi connectivity index (χ0n) is 10.4. The first-order valence-electron chi connectivity index (χ1n) is 5.55. The molecule has 0 aliphatic heterocycles. The van der Waals surface area contributed by atoms with Crippen LogP contribution < -0.4 is 0 Å². The van der Waals surface area contributed by atoms with Crippen molar-refractivity contribution in [2.24, 2.45) is 0 Å². The van der Waals surface area contributed by atoms with Gasteiger partial charge in [-0.15, -0.1) is 11.3 Å². The molecule has 0 fully saturated rings. The van der Waals surface area contributed by atoms with Crippen LogP contribution in [0.3, 0.4) is 0 Å². The summed E-state index contributed by atoms with van der Waals surface area (Å²) in [5.41, 5.74) is 1.02. The lowest BCUT2D eigenvalue weighted by molar-refractivity contribution is 0.0807. The van der Waals surface area contributed by atoms with Gasteiger partial charge >= 0.3 is 0 Å². The number of rotatable bonds is 3. The highest BCUT2D eigenvalue weighted by atomic mass is 32.1. The molecule has 1 aromatic heterocycles. The molecule has 1 amide bonds. The lowest BCUT2D eigenvalue weighted by Crippen LogP contribution is -2.25. The van der Waals surface area contributed by atoms with E-state index in [9.17, 15) is 4.79 Å². The minimum Gasteiger partial charge on any atom is -0.395 e. The van der Waals surface area contributed by atoms with Crippen molar-refractivity contribution in [3.8, 4) is 11.8 Å². The van der Waals surface area contributed by atoms with Gasteiger partial charge in [-0.25, -0.2) is 0 Å². The van der Waals surface area contributed by atoms with Crippen LogP contribution in [0.2, 0.25) is 0 Å². The zero-order valence-corrected chi connectivity index (χ0v) is 11.2. The summed E-state index contributed by atoms with van der Waals surface area (Å²) in [6.07, 6.45) is 0.468. The third-order valence-electron chi connectivity index (χ3n) is 2.39. The predicted molar refractivity (Wildman–Crippen MR) is 70.3 cm³/mol. The van der Waals surface area contributed by atoms with E-state index in [1.54, 1.807) is 11.9 Å². The van der Waals surface area contributed by atoms with Crippen molar-refractivity contribution in [3.63, 3.8) is 0 Å². The number of carbonyl (C=O) groups excluding carboxylic acids is 1. The fourth-order valence-electron chi connectivity index (χ4n) is 1.24. The van der Waals surface area contributed by atoms with E-state index >= 15 is 0 Å². The number of nitrogens with zero attached hydrogens (tertiary/aromatic N) is 1. The summed E-state index contributed by atoms with van der Waals surface area (Å²) in [5, 5.41) is 8.65. The standard InChI is InChI=1S/C13H17NO2S/c1-4-14(3)13(16)12-9-10(2)11(17-12)7-5-6-8-15/h9,15H,4,6,8H2,1-3H3. The van der Waals surface area contributed by atoms with E-state index in [-0.39, 0.29) is 12.5 Å². The average Bonchev–Trinajstić information content (AvgIpc) is 2.69. The quantitative estimate of drug-likeness (QED) is 0.833. The van der Waals surface area contributed by atoms with E-state index in [1.807, 2.05) is 19.9 Å². The molecule has 0 aliphatic rings. The number of aliphatic hydroxyl groups excluding tert-OH is 1. The maximum atomic E-state index is 11.9. The summed E-state index contributed by atoms with van der Waals surface area (Å²) in [6.45, 7) is 4.66. The highest BCUT2D eigenvalue weighted by Crippen LogP contribution is 2.22. The number of aliphatic hydroxyl groups is 1. The minimum atomic E-state index is 0.0378. The van der Waals surface area contributed by atoms with E-state index in [4.69, 9.17) is 5.11 Å². The Bertz CT molecular complexity index is 454. The number of hydrogen-bond acceptors (Lipinski definition) is 3. The summed E-state index contributed by atoms with van der Waals surface area (Å²) in [7, 11) is 1.79. The highest BCUT2D eigenvalue weighted by molar-refractivity contribution is 7.14. The van der Waals surface area contributed by atoms with Gasteiger partial charge in [0.2, 0.25) is 0 Å². The topological polar surface area (TPSA) is 40.5 Å². The van der Waals surface area contributed by atoms with E-state index < -0.39 is 0 Å². The van der Waals surface area contributed by atoms with Crippen LogP contribution in [0.25, 0.3) is 0 Å². The third kappa shape index (κ3) is 3.58. The van der Waals surface area contributed by atoms with Crippen molar-refractivity contribution < 1.29 is 9.90 Å². The molecule has 92 valence electrons. The summed E-state index contributed by atoms with van der Waals surface area (Å²) in [4.78, 5) is 15.2. The molecule has 1 aromatic rings. The van der Waals surface area contributed by atoms with Crippen LogP contribution in [0.4, 0.5) is 0 Å². The van der Waals surface area contributed by atoms with E-state index in [0.29, 0.717) is 13.0 Å². The molecule has 0 saturated carbocycles. The molecule has 17 heavy (non-hydrogen) atoms. The SMILES string of the molecule is CCN(C)C(=O)c1cc(C)c(C#CCCO)s1. The van der Waals surface area contributed by atoms with Gasteiger partial charge in [0, 0.05) is 20.0 Å². The molecule has 0 unspecified atom stereocenters. The second kappa shape index (κ2) is 6.43. The van der Waals surface area contributed by atoms with Crippen LogP contribution >= 0.6 is 11.3 Å². The van der Waals surface area contributed by atoms with Crippen LogP contribution in [0.1, 0.15) is 33.5 Å². The highest BCUT2D eigenvalue weighted by Gasteiger charge is 2.14. The first-order chi connectivity index (χ1) is 8.10. The fraction of sp³-hybridized carbons (Fsp3) is 0.462. The lowest BCUT2D eigenvalue weighted by Gasteiger charge is -2.12. The smallest absolute Gasteiger partial charge is 0.263 e. The lowest BCUT2D eigenvalue weighted by atomic mass is 10.2. The van der Waals surface area contributed by atoms with Crippen LogP contribution in [0, 0.1) is 18.8 Å². The molecule has 0 aliphatic carbocycles. The van der Waals surface area contributed by atoms with Crippen molar-refractivity contribution in [1.29, 1.82) is 0 Å². The first kappa shape index (κ1) is 13.8. The maximum Gasteiger partial charge on any atom is 0.263 e. The first-order valence-corrected chi connectivity index (χ1v) is 6.37. The van der Waals surface area contributed by atoms with Gasteiger partial charge in [0.15, 0.2) is 0 Å². The molecule has 0 saturated heterocycles. The van der Waals surface area contributed by atoms with Crippen molar-refractivity contribution in [2.75, 3.05) is 20.2 Å². The second-order valence-electron chi connectivity index (χ2n) is 3.72. The third-order valence-corrected chi connectivity index (χ3v) is 3.53. The summed E-state index contributed by atoms with van der Waals surface area (Å²) in [5.74, 6) is 5.89. The van der Waals surface area contributed by atoms with Gasteiger partial charge in [-0.3, -0.25) is 4.79 Å². The van der Waals surface area contributed by atoms with E-state index in [1.165, 1.54) is 11.3 Å². The number of hydrogen-bond donors (Lipinski definition) is 1. The van der Waals surface area contributed by atoms with Gasteiger partial charge in [-0.1, -0.05) is 11.8 Å². The van der Waals surface area contributed by atoms with Gasteiger partial charge in [-0.2, -0.15) is 0 Å². The Labute approximate surface area is 106 Å². The van der Waals surface area contributed by atoms with Crippen molar-refractivity contribution in [3.05, 3.63) is 21.4 Å². The zero-order chi connectivity index (χ0) is 12.8. The summed E-state index contributed by atoms with van der Waals surface area (Å²) < 4.78 is 0. The van der Waals surface area contributed by atoms with Crippen molar-refractivity contribution in [2.45, 2.75) is 20.3 Å². The van der Waals surface area contributed by atoms with Gasteiger partial charge in [0.05, 0.1) is 16.4 Å². The molecule has 3 nitrogen and oxygen atoms in total. The van der Waals surface area contributed by atoms with Crippen molar-refractivity contribution in [1.82, 2.24) is 4.90 Å². The number of thiophene rings is 1. The Kier molecular flexibility index (Phi) is 5.20. The Morgan fingerprint density at radius 3 is 2.88 bits per heavy atom. The Morgan fingerprint density at radius 1 is 1.59 bits per heavy atom. The Morgan fingerprint density at radius 2 is 2.29 bits per heavy atom. The van der Waals surface area contributed by atoms with Gasteiger partial charge in [0.25, 0.3) is 5.91 Å². The van der Waals surface area contributed by atoms with Crippen molar-refractivity contribution >= 4 is 17.2 Å². The minimum absolute atomic E-state index is 0.0378. The summed E-state index contributed by atoms with van der Waals surface area (Å²) >= 11 is 1.42. The van der Waals surface area contributed by atoms with Crippen LogP contribution in [-0.2, 0) is 0 Å². The summed E-state index contributed by atoms with van der Waals surface area (Å²) in [6, 6.07) is 1.88. The Hall–Kier alpha value is -1.31. The normalized spacial score (nSPS) is 9.65. The molecule has 0 spiro atoms. The van der Waals surface area contributed by atoms with Gasteiger partial charge < -0.3 is 10.0 Å². The average molecular weight is 251 g/mol.